The van der Waals surface area contributed by atoms with Crippen molar-refractivity contribution in [1.82, 2.24) is 4.57 Å². The van der Waals surface area contributed by atoms with E-state index < -0.39 is 11.5 Å². The number of rotatable bonds is 8. The molecule has 230 valence electrons. The van der Waals surface area contributed by atoms with Crippen LogP contribution in [0.1, 0.15) is 39.3 Å². The molecule has 0 radical (unpaired) electrons. The minimum atomic E-state index is -0.776. The molecule has 4 aromatic carbocycles. The largest absolute Gasteiger partial charge is 0.489 e. The predicted molar refractivity (Wildman–Crippen MR) is 180 cm³/mol. The van der Waals surface area contributed by atoms with Gasteiger partial charge in [-0.3, -0.25) is 9.36 Å². The maximum absolute atomic E-state index is 13.6. The van der Waals surface area contributed by atoms with Crippen LogP contribution in [0.4, 0.5) is 0 Å². The van der Waals surface area contributed by atoms with Gasteiger partial charge in [-0.2, -0.15) is 21.0 Å². The third-order valence-electron chi connectivity index (χ3n) is 7.84. The van der Waals surface area contributed by atoms with Gasteiger partial charge in [0.1, 0.15) is 35.2 Å². The molecule has 1 aliphatic rings. The van der Waals surface area contributed by atoms with E-state index in [0.717, 1.165) is 28.0 Å². The van der Waals surface area contributed by atoms with Crippen LogP contribution < -0.4 is 30.0 Å². The average Bonchev–Trinajstić information content (AvgIpc) is 3.45. The molecule has 1 unspecified atom stereocenters. The zero-order valence-electron chi connectivity index (χ0n) is 25.3. The van der Waals surface area contributed by atoms with E-state index in [2.05, 4.69) is 24.3 Å². The fourth-order valence-corrected chi connectivity index (χ4v) is 6.51. The lowest BCUT2D eigenvalue weighted by atomic mass is 9.84. The molecule has 10 heteroatoms. The van der Waals surface area contributed by atoms with E-state index in [-0.39, 0.29) is 30.2 Å². The number of hydrogen-bond acceptors (Lipinski definition) is 9. The van der Waals surface area contributed by atoms with E-state index in [1.807, 2.05) is 24.3 Å². The Bertz CT molecular complexity index is 2430. The molecule has 0 saturated carbocycles. The molecule has 6 rings (SSSR count). The van der Waals surface area contributed by atoms with Gasteiger partial charge in [-0.1, -0.05) is 60.7 Å². The number of nitriles is 4. The van der Waals surface area contributed by atoms with E-state index in [1.54, 1.807) is 78.9 Å². The summed E-state index contributed by atoms with van der Waals surface area (Å²) >= 11 is 1.13. The number of benzene rings is 4. The summed E-state index contributed by atoms with van der Waals surface area (Å²) in [5, 5.41) is 39.1. The summed E-state index contributed by atoms with van der Waals surface area (Å²) in [6.07, 6.45) is 1.70. The van der Waals surface area contributed by atoms with Gasteiger partial charge < -0.3 is 15.2 Å². The maximum atomic E-state index is 13.6. The standard InChI is InChI=1S/C38H24N6O3S/c39-18-26-5-1-3-7-28(26)22-46-30-13-9-24(10-14-30)17-34-37(45)44-36(43)32(20-41)35(33(21-42)38(44)48-34)25-11-15-31(16-12-25)47-23-29-8-4-2-6-27(29)19-40/h1-17,35H,22-23,43H2/b34-17+. The molecule has 2 N–H and O–H groups in total. The van der Waals surface area contributed by atoms with Crippen LogP contribution >= 0.6 is 11.3 Å². The summed E-state index contributed by atoms with van der Waals surface area (Å²) in [5.74, 6) is 0.345. The van der Waals surface area contributed by atoms with Crippen molar-refractivity contribution in [2.24, 2.45) is 5.73 Å². The Morgan fingerprint density at radius 1 is 0.708 bits per heavy atom. The molecule has 48 heavy (non-hydrogen) atoms. The Hall–Kier alpha value is -6.85. The highest BCUT2D eigenvalue weighted by Crippen LogP contribution is 2.36. The topological polar surface area (TPSA) is 162 Å². The van der Waals surface area contributed by atoms with E-state index in [9.17, 15) is 25.8 Å². The minimum absolute atomic E-state index is 0.0211. The second-order valence-electron chi connectivity index (χ2n) is 10.7. The highest BCUT2D eigenvalue weighted by molar-refractivity contribution is 7.07. The van der Waals surface area contributed by atoms with E-state index in [1.165, 1.54) is 4.57 Å². The zero-order valence-corrected chi connectivity index (χ0v) is 26.1. The third kappa shape index (κ3) is 6.04. The average molecular weight is 645 g/mol. The summed E-state index contributed by atoms with van der Waals surface area (Å²) in [6.45, 7) is 0.435. The number of ether oxygens (including phenoxy) is 2. The molecule has 5 aromatic rings. The van der Waals surface area contributed by atoms with Crippen LogP contribution in [0.15, 0.2) is 107 Å². The van der Waals surface area contributed by atoms with Crippen molar-refractivity contribution in [3.05, 3.63) is 156 Å². The molecule has 0 spiro atoms. The van der Waals surface area contributed by atoms with Gasteiger partial charge in [-0.05, 0) is 53.6 Å². The van der Waals surface area contributed by atoms with E-state index in [4.69, 9.17) is 15.2 Å². The molecule has 0 saturated heterocycles. The van der Waals surface area contributed by atoms with Crippen LogP contribution in [0, 0.1) is 45.3 Å². The molecule has 0 aliphatic carbocycles. The van der Waals surface area contributed by atoms with Crippen LogP contribution in [0.5, 0.6) is 11.5 Å². The first kappa shape index (κ1) is 31.1. The zero-order chi connectivity index (χ0) is 33.6. The highest BCUT2D eigenvalue weighted by Gasteiger charge is 2.32. The van der Waals surface area contributed by atoms with Gasteiger partial charge in [-0.25, -0.2) is 0 Å². The number of thiazole rings is 1. The summed E-state index contributed by atoms with van der Waals surface area (Å²) in [7, 11) is 0. The molecular formula is C38H24N6O3S. The van der Waals surface area contributed by atoms with Gasteiger partial charge in [-0.15, -0.1) is 11.3 Å². The van der Waals surface area contributed by atoms with Crippen molar-refractivity contribution in [1.29, 1.82) is 21.0 Å². The highest BCUT2D eigenvalue weighted by atomic mass is 32.1. The Labute approximate surface area is 279 Å². The van der Waals surface area contributed by atoms with E-state index in [0.29, 0.717) is 37.4 Å². The second kappa shape index (κ2) is 13.6. The van der Waals surface area contributed by atoms with Crippen molar-refractivity contribution in [2.45, 2.75) is 19.1 Å². The molecule has 1 aromatic heterocycles. The molecular weight excluding hydrogens is 621 g/mol. The Morgan fingerprint density at radius 2 is 1.23 bits per heavy atom. The van der Waals surface area contributed by atoms with E-state index >= 15 is 0 Å². The molecule has 2 heterocycles. The lowest BCUT2D eigenvalue weighted by molar-refractivity contribution is 0.305. The first-order valence-corrected chi connectivity index (χ1v) is 15.5. The lowest BCUT2D eigenvalue weighted by Gasteiger charge is -2.22. The van der Waals surface area contributed by atoms with Crippen LogP contribution in [0.3, 0.4) is 0 Å². The summed E-state index contributed by atoms with van der Waals surface area (Å²) in [4.78, 5) is 13.6. The van der Waals surface area contributed by atoms with Gasteiger partial charge >= 0.3 is 0 Å². The monoisotopic (exact) mass is 644 g/mol. The van der Waals surface area contributed by atoms with Crippen LogP contribution in [-0.2, 0) is 13.2 Å². The maximum Gasteiger partial charge on any atom is 0.274 e. The lowest BCUT2D eigenvalue weighted by Crippen LogP contribution is -2.38. The van der Waals surface area contributed by atoms with Gasteiger partial charge in [0.15, 0.2) is 0 Å². The van der Waals surface area contributed by atoms with Gasteiger partial charge in [0.05, 0.1) is 57.0 Å². The minimum Gasteiger partial charge on any atom is -0.489 e. The number of hydrogen-bond donors (Lipinski definition) is 1. The van der Waals surface area contributed by atoms with Crippen molar-refractivity contribution in [2.75, 3.05) is 0 Å². The number of fused-ring (bicyclic) bond motifs is 1. The van der Waals surface area contributed by atoms with Crippen molar-refractivity contribution >= 4 is 28.8 Å². The number of nitrogens with two attached hydrogens (primary N) is 1. The smallest absolute Gasteiger partial charge is 0.274 e. The Balaban J connectivity index is 1.29. The predicted octanol–water partition coefficient (Wildman–Crippen LogP) is 4.76. The van der Waals surface area contributed by atoms with Crippen molar-refractivity contribution in [3.63, 3.8) is 0 Å². The normalized spacial score (nSPS) is 13.9. The van der Waals surface area contributed by atoms with Gasteiger partial charge in [0, 0.05) is 11.1 Å². The van der Waals surface area contributed by atoms with Crippen LogP contribution in [0.25, 0.3) is 17.5 Å². The Kier molecular flexibility index (Phi) is 8.86. The molecule has 0 bridgehead atoms. The fourth-order valence-electron chi connectivity index (χ4n) is 5.39. The molecule has 1 aliphatic heterocycles. The second-order valence-corrected chi connectivity index (χ2v) is 11.7. The Morgan fingerprint density at radius 3 is 1.75 bits per heavy atom. The summed E-state index contributed by atoms with van der Waals surface area (Å²) in [6, 6.07) is 37.2. The van der Waals surface area contributed by atoms with Crippen LogP contribution in [-0.4, -0.2) is 4.57 Å². The molecule has 9 nitrogen and oxygen atoms in total. The van der Waals surface area contributed by atoms with Crippen molar-refractivity contribution < 1.29 is 9.47 Å². The van der Waals surface area contributed by atoms with Gasteiger partial charge in [0.2, 0.25) is 0 Å². The fraction of sp³-hybridized carbons (Fsp3) is 0.0789. The summed E-state index contributed by atoms with van der Waals surface area (Å²) in [5.41, 5.74) is 10.3. The third-order valence-corrected chi connectivity index (χ3v) is 8.95. The summed E-state index contributed by atoms with van der Waals surface area (Å²) < 4.78 is 13.7. The van der Waals surface area contributed by atoms with Gasteiger partial charge in [0.25, 0.3) is 5.56 Å². The first-order chi connectivity index (χ1) is 23.4. The number of nitrogens with zero attached hydrogens (tertiary/aromatic N) is 5. The molecule has 0 fully saturated rings. The molecule has 1 atom stereocenters. The first-order valence-electron chi connectivity index (χ1n) is 14.6. The van der Waals surface area contributed by atoms with Crippen molar-refractivity contribution in [3.8, 4) is 35.8 Å². The SMILES string of the molecule is N#CC1=C(N)n2c(s/c(=C/c3ccc(OCc4ccccc4C#N)cc3)c2=O)=C(C#N)C1c1ccc(OCc2ccccc2C#N)cc1. The number of aromatic nitrogens is 1. The molecule has 0 amide bonds. The quantitative estimate of drug-likeness (QED) is 0.253. The van der Waals surface area contributed by atoms with Crippen LogP contribution in [0.2, 0.25) is 0 Å². The number of allylic oxidation sites excluding steroid dienone is 1.